The molecule has 1 aromatic carbocycles. The molecule has 0 radical (unpaired) electrons. The second-order valence-corrected chi connectivity index (χ2v) is 3.46. The Morgan fingerprint density at radius 2 is 2.06 bits per heavy atom. The molecule has 0 saturated carbocycles. The van der Waals surface area contributed by atoms with Gasteiger partial charge >= 0.3 is 12.1 Å². The summed E-state index contributed by atoms with van der Waals surface area (Å²) in [6.07, 6.45) is -4.87. The van der Waals surface area contributed by atoms with Crippen molar-refractivity contribution in [1.29, 1.82) is 0 Å². The molecular weight excluding hydrogens is 254 g/mol. The van der Waals surface area contributed by atoms with Crippen LogP contribution in [0.2, 0.25) is 0 Å². The van der Waals surface area contributed by atoms with Crippen molar-refractivity contribution >= 4 is 5.91 Å². The molecule has 0 aromatic heterocycles. The molecule has 1 rings (SSSR count). The van der Waals surface area contributed by atoms with Crippen LogP contribution in [0.15, 0.2) is 18.2 Å². The maximum absolute atomic E-state index is 12.9. The highest BCUT2D eigenvalue weighted by atomic mass is 19.4. The Morgan fingerprint density at radius 1 is 1.39 bits per heavy atom. The number of carbonyl (C=O) groups excluding carboxylic acids is 1. The number of hydrogen-bond acceptors (Lipinski definition) is 2. The van der Waals surface area contributed by atoms with E-state index >= 15 is 0 Å². The summed E-state index contributed by atoms with van der Waals surface area (Å²) in [5.74, 6) is -2.18. The van der Waals surface area contributed by atoms with E-state index in [0.717, 1.165) is 6.07 Å². The van der Waals surface area contributed by atoms with E-state index in [0.29, 0.717) is 11.3 Å². The smallest absolute Gasteiger partial charge is 0.471 e. The predicted molar refractivity (Wildman–Crippen MR) is 55.7 cm³/mol. The quantitative estimate of drug-likeness (QED) is 0.846. The Kier molecular flexibility index (Phi) is 4.52. The lowest BCUT2D eigenvalue weighted by Crippen LogP contribution is -2.37. The van der Waals surface area contributed by atoms with Crippen LogP contribution >= 0.6 is 0 Å². The van der Waals surface area contributed by atoms with Gasteiger partial charge in [0.15, 0.2) is 0 Å². The zero-order valence-corrected chi connectivity index (χ0v) is 9.47. The lowest BCUT2D eigenvalue weighted by Gasteiger charge is -2.10. The molecule has 7 heteroatoms. The van der Waals surface area contributed by atoms with Gasteiger partial charge in [0.1, 0.15) is 11.6 Å². The first-order valence-electron chi connectivity index (χ1n) is 5.02. The number of carbonyl (C=O) groups is 1. The second-order valence-electron chi connectivity index (χ2n) is 3.46. The van der Waals surface area contributed by atoms with E-state index in [1.807, 2.05) is 0 Å². The van der Waals surface area contributed by atoms with Crippen molar-refractivity contribution in [3.05, 3.63) is 29.6 Å². The topological polar surface area (TPSA) is 38.3 Å². The van der Waals surface area contributed by atoms with Crippen molar-refractivity contribution < 1.29 is 27.1 Å². The first-order chi connectivity index (χ1) is 8.34. The van der Waals surface area contributed by atoms with E-state index < -0.39 is 17.9 Å². The van der Waals surface area contributed by atoms with Gasteiger partial charge in [-0.2, -0.15) is 13.2 Å². The highest BCUT2D eigenvalue weighted by Crippen LogP contribution is 2.19. The highest BCUT2D eigenvalue weighted by molar-refractivity contribution is 5.81. The van der Waals surface area contributed by atoms with Gasteiger partial charge < -0.3 is 10.1 Å². The molecule has 1 aromatic rings. The van der Waals surface area contributed by atoms with Crippen LogP contribution in [0.25, 0.3) is 0 Å². The van der Waals surface area contributed by atoms with Gasteiger partial charge in [-0.1, -0.05) is 0 Å². The molecule has 0 aliphatic carbocycles. The van der Waals surface area contributed by atoms with Gasteiger partial charge in [0.2, 0.25) is 0 Å². The Bertz CT molecular complexity index is 432. The van der Waals surface area contributed by atoms with Gasteiger partial charge in [0.25, 0.3) is 0 Å². The molecule has 0 aliphatic heterocycles. The standard InChI is InChI=1S/C11H11F4NO2/c1-18-9-3-2-8(12)6-7(9)4-5-16-10(17)11(13,14)15/h2-3,6H,4-5H2,1H3,(H,16,17). The van der Waals surface area contributed by atoms with Crippen molar-refractivity contribution in [2.45, 2.75) is 12.6 Å². The Labute approximate surface area is 101 Å². The number of hydrogen-bond donors (Lipinski definition) is 1. The minimum absolute atomic E-state index is 0.0444. The molecule has 0 aliphatic rings. The Morgan fingerprint density at radius 3 is 2.61 bits per heavy atom. The molecular formula is C11H11F4NO2. The van der Waals surface area contributed by atoms with E-state index in [1.165, 1.54) is 19.2 Å². The van der Waals surface area contributed by atoms with Crippen molar-refractivity contribution in [3.63, 3.8) is 0 Å². The minimum Gasteiger partial charge on any atom is -0.496 e. The lowest BCUT2D eigenvalue weighted by molar-refractivity contribution is -0.173. The minimum atomic E-state index is -4.91. The van der Waals surface area contributed by atoms with E-state index in [2.05, 4.69) is 0 Å². The molecule has 0 fully saturated rings. The van der Waals surface area contributed by atoms with Crippen molar-refractivity contribution in [1.82, 2.24) is 5.32 Å². The third kappa shape index (κ3) is 3.90. The average Bonchev–Trinajstić information content (AvgIpc) is 2.28. The van der Waals surface area contributed by atoms with Crippen LogP contribution in [-0.4, -0.2) is 25.7 Å². The summed E-state index contributed by atoms with van der Waals surface area (Å²) < 4.78 is 53.5. The summed E-state index contributed by atoms with van der Waals surface area (Å²) in [4.78, 5) is 10.5. The molecule has 0 spiro atoms. The Balaban J connectivity index is 2.59. The lowest BCUT2D eigenvalue weighted by atomic mass is 10.1. The largest absolute Gasteiger partial charge is 0.496 e. The third-order valence-corrected chi connectivity index (χ3v) is 2.18. The van der Waals surface area contributed by atoms with E-state index in [4.69, 9.17) is 4.74 Å². The van der Waals surface area contributed by atoms with Crippen LogP contribution in [0, 0.1) is 5.82 Å². The van der Waals surface area contributed by atoms with Crippen molar-refractivity contribution in [2.75, 3.05) is 13.7 Å². The fourth-order valence-corrected chi connectivity index (χ4v) is 1.35. The van der Waals surface area contributed by atoms with Crippen LogP contribution in [0.4, 0.5) is 17.6 Å². The fourth-order valence-electron chi connectivity index (χ4n) is 1.35. The normalized spacial score (nSPS) is 11.2. The molecule has 0 heterocycles. The van der Waals surface area contributed by atoms with Crippen LogP contribution < -0.4 is 10.1 Å². The number of benzene rings is 1. The number of rotatable bonds is 4. The summed E-state index contributed by atoms with van der Waals surface area (Å²) in [7, 11) is 1.37. The molecule has 0 bridgehead atoms. The van der Waals surface area contributed by atoms with Gasteiger partial charge in [0.05, 0.1) is 7.11 Å². The van der Waals surface area contributed by atoms with E-state index in [9.17, 15) is 22.4 Å². The maximum atomic E-state index is 12.9. The van der Waals surface area contributed by atoms with E-state index in [1.54, 1.807) is 5.32 Å². The summed E-state index contributed by atoms with van der Waals surface area (Å²) in [5, 5.41) is 1.70. The summed E-state index contributed by atoms with van der Waals surface area (Å²) in [6, 6.07) is 3.70. The van der Waals surface area contributed by atoms with Crippen LogP contribution in [0.3, 0.4) is 0 Å². The zero-order chi connectivity index (χ0) is 13.8. The predicted octanol–water partition coefficient (Wildman–Crippen LogP) is 2.06. The van der Waals surface area contributed by atoms with Crippen LogP contribution in [0.1, 0.15) is 5.56 Å². The average molecular weight is 265 g/mol. The number of methoxy groups -OCH3 is 1. The van der Waals surface area contributed by atoms with Gasteiger partial charge in [-0.15, -0.1) is 0 Å². The SMILES string of the molecule is COc1ccc(F)cc1CCNC(=O)C(F)(F)F. The highest BCUT2D eigenvalue weighted by Gasteiger charge is 2.38. The van der Waals surface area contributed by atoms with Crippen molar-refractivity contribution in [3.8, 4) is 5.75 Å². The maximum Gasteiger partial charge on any atom is 0.471 e. The van der Waals surface area contributed by atoms with E-state index in [-0.39, 0.29) is 13.0 Å². The monoisotopic (exact) mass is 265 g/mol. The van der Waals surface area contributed by atoms with Crippen LogP contribution in [-0.2, 0) is 11.2 Å². The molecule has 100 valence electrons. The first-order valence-corrected chi connectivity index (χ1v) is 5.02. The molecule has 18 heavy (non-hydrogen) atoms. The molecule has 0 atom stereocenters. The van der Waals surface area contributed by atoms with Crippen LogP contribution in [0.5, 0.6) is 5.75 Å². The molecule has 0 unspecified atom stereocenters. The molecule has 0 saturated heterocycles. The van der Waals surface area contributed by atoms with Crippen molar-refractivity contribution in [2.24, 2.45) is 0 Å². The summed E-state index contributed by atoms with van der Waals surface area (Å²) >= 11 is 0. The van der Waals surface area contributed by atoms with Gasteiger partial charge in [-0.05, 0) is 30.2 Å². The number of ether oxygens (including phenoxy) is 1. The number of alkyl halides is 3. The molecule has 3 nitrogen and oxygen atoms in total. The second kappa shape index (κ2) is 5.70. The number of halogens is 4. The fraction of sp³-hybridized carbons (Fsp3) is 0.364. The van der Waals surface area contributed by atoms with Gasteiger partial charge in [-0.25, -0.2) is 4.39 Å². The Hall–Kier alpha value is -1.79. The third-order valence-electron chi connectivity index (χ3n) is 2.18. The molecule has 1 N–H and O–H groups in total. The zero-order valence-electron chi connectivity index (χ0n) is 9.47. The molecule has 1 amide bonds. The summed E-state index contributed by atoms with van der Waals surface area (Å²) in [5.41, 5.74) is 0.389. The first kappa shape index (κ1) is 14.3. The van der Waals surface area contributed by atoms with Gasteiger partial charge in [-0.3, -0.25) is 4.79 Å². The number of amides is 1. The van der Waals surface area contributed by atoms with Gasteiger partial charge in [0, 0.05) is 6.54 Å². The summed E-state index contributed by atoms with van der Waals surface area (Å²) in [6.45, 7) is -0.252. The number of nitrogens with one attached hydrogen (secondary N) is 1.